The molecular weight excluding hydrogens is 464 g/mol. The second-order valence-electron chi connectivity index (χ2n) is 12.5. The summed E-state index contributed by atoms with van der Waals surface area (Å²) in [5, 5.41) is 13.6. The van der Waals surface area contributed by atoms with Crippen LogP contribution in [0.3, 0.4) is 0 Å². The number of rotatable bonds is 10. The fraction of sp³-hybridized carbons (Fsp3) is 0.581. The Balaban J connectivity index is 1.53. The van der Waals surface area contributed by atoms with Gasteiger partial charge in [-0.05, 0) is 59.4 Å². The minimum atomic E-state index is -1.34. The fourth-order valence-corrected chi connectivity index (χ4v) is 6.55. The Morgan fingerprint density at radius 3 is 2.08 bits per heavy atom. The highest BCUT2D eigenvalue weighted by Gasteiger charge is 2.34. The van der Waals surface area contributed by atoms with E-state index in [1.165, 1.54) is 15.9 Å². The summed E-state index contributed by atoms with van der Waals surface area (Å²) in [5.41, 5.74) is 0.380. The lowest BCUT2D eigenvalue weighted by atomic mass is 9.77. The van der Waals surface area contributed by atoms with Crippen molar-refractivity contribution in [2.24, 2.45) is 11.3 Å². The molecule has 1 radical (unpaired) electrons. The molecule has 1 N–H and O–H groups in total. The van der Waals surface area contributed by atoms with Gasteiger partial charge in [0.05, 0.1) is 5.60 Å². The Kier molecular flexibility index (Phi) is 9.72. The van der Waals surface area contributed by atoms with Crippen molar-refractivity contribution in [1.82, 2.24) is 0 Å². The van der Waals surface area contributed by atoms with Crippen LogP contribution in [0.5, 0.6) is 0 Å². The number of ether oxygens (including phenoxy) is 1. The van der Waals surface area contributed by atoms with Crippen molar-refractivity contribution in [3.63, 3.8) is 0 Å². The molecule has 0 aliphatic heterocycles. The van der Waals surface area contributed by atoms with Crippen LogP contribution >= 0.6 is 0 Å². The van der Waals surface area contributed by atoms with Gasteiger partial charge in [0, 0.05) is 18.6 Å². The first-order chi connectivity index (χ1) is 16.9. The van der Waals surface area contributed by atoms with E-state index in [0.717, 1.165) is 32.3 Å². The van der Waals surface area contributed by atoms with E-state index in [2.05, 4.69) is 75.4 Å². The van der Waals surface area contributed by atoms with Gasteiger partial charge >= 0.3 is 0 Å². The van der Waals surface area contributed by atoms with E-state index in [4.69, 9.17) is 9.16 Å². The van der Waals surface area contributed by atoms with E-state index >= 15 is 0 Å². The molecule has 0 bridgehead atoms. The van der Waals surface area contributed by atoms with Crippen LogP contribution < -0.4 is 10.4 Å². The number of carbonyl (C=O) groups is 1. The third-order valence-corrected chi connectivity index (χ3v) is 9.50. The maximum atomic E-state index is 12.0. The van der Waals surface area contributed by atoms with Gasteiger partial charge in [0.15, 0.2) is 5.78 Å². The molecule has 3 rings (SSSR count). The lowest BCUT2D eigenvalue weighted by Crippen LogP contribution is -2.46. The molecule has 0 amide bonds. The first-order valence-electron chi connectivity index (χ1n) is 13.4. The molecule has 0 heterocycles. The maximum Gasteiger partial charge on any atom is 0.282 e. The van der Waals surface area contributed by atoms with Crippen LogP contribution in [0.15, 0.2) is 54.6 Å². The summed E-state index contributed by atoms with van der Waals surface area (Å²) in [6.45, 7) is 13.7. The van der Waals surface area contributed by atoms with E-state index in [-0.39, 0.29) is 23.2 Å². The van der Waals surface area contributed by atoms with E-state index < -0.39 is 14.6 Å². The van der Waals surface area contributed by atoms with E-state index in [0.29, 0.717) is 18.9 Å². The lowest BCUT2D eigenvalue weighted by molar-refractivity contribution is -0.132. The molecular formula is C31H45O4Si. The Bertz CT molecular complexity index is 949. The highest BCUT2D eigenvalue weighted by molar-refractivity contribution is 6.80. The standard InChI is InChI=1S/C31H45O4Si/c1-29(2,3)25-12-14-27(15-13-25)36(26-10-8-7-9-11-26)35-22-24-16-18-31(33,19-17-24)20-21-34-23-28(32)30(4,5)6/h7-15,24,33H,16-23H2,1-6H3. The summed E-state index contributed by atoms with van der Waals surface area (Å²) >= 11 is 0. The molecule has 2 aromatic rings. The van der Waals surface area contributed by atoms with Crippen molar-refractivity contribution in [2.45, 2.75) is 84.7 Å². The molecule has 0 spiro atoms. The first-order valence-corrected chi connectivity index (χ1v) is 14.8. The maximum absolute atomic E-state index is 12.0. The van der Waals surface area contributed by atoms with Crippen LogP contribution in [0.2, 0.25) is 0 Å². The van der Waals surface area contributed by atoms with Gasteiger partial charge in [0.2, 0.25) is 0 Å². The molecule has 5 heteroatoms. The molecule has 0 unspecified atom stereocenters. The van der Waals surface area contributed by atoms with Crippen LogP contribution in [0.4, 0.5) is 0 Å². The third kappa shape index (κ3) is 8.37. The molecule has 1 saturated carbocycles. The number of aliphatic hydroxyl groups is 1. The van der Waals surface area contributed by atoms with Gasteiger partial charge < -0.3 is 14.3 Å². The second-order valence-corrected chi connectivity index (χ2v) is 14.6. The number of hydrogen-bond acceptors (Lipinski definition) is 4. The minimum absolute atomic E-state index is 0.0967. The predicted octanol–water partition coefficient (Wildman–Crippen LogP) is 5.05. The zero-order chi connectivity index (χ0) is 26.4. The molecule has 0 aromatic heterocycles. The van der Waals surface area contributed by atoms with Crippen LogP contribution in [0.1, 0.15) is 79.2 Å². The zero-order valence-electron chi connectivity index (χ0n) is 23.1. The average molecular weight is 510 g/mol. The van der Waals surface area contributed by atoms with E-state index in [1.54, 1.807) is 0 Å². The van der Waals surface area contributed by atoms with Crippen molar-refractivity contribution in [3.05, 3.63) is 60.2 Å². The zero-order valence-corrected chi connectivity index (χ0v) is 24.1. The Hall–Kier alpha value is -1.79. The van der Waals surface area contributed by atoms with Crippen molar-refractivity contribution in [2.75, 3.05) is 19.8 Å². The molecule has 197 valence electrons. The molecule has 36 heavy (non-hydrogen) atoms. The van der Waals surface area contributed by atoms with Crippen molar-refractivity contribution in [1.29, 1.82) is 0 Å². The number of Topliss-reactive ketones (excluding diaryl/α,β-unsaturated/α-hetero) is 1. The molecule has 2 aromatic carbocycles. The smallest absolute Gasteiger partial charge is 0.282 e. The first kappa shape index (κ1) is 28.8. The average Bonchev–Trinajstić information content (AvgIpc) is 2.83. The van der Waals surface area contributed by atoms with Gasteiger partial charge in [-0.25, -0.2) is 0 Å². The summed E-state index contributed by atoms with van der Waals surface area (Å²) < 4.78 is 12.3. The molecule has 0 saturated heterocycles. The van der Waals surface area contributed by atoms with Gasteiger partial charge in [-0.1, -0.05) is 96.1 Å². The number of carbonyl (C=O) groups excluding carboxylic acids is 1. The largest absolute Gasteiger partial charge is 0.407 e. The van der Waals surface area contributed by atoms with Gasteiger partial charge in [-0.3, -0.25) is 4.79 Å². The summed E-state index contributed by atoms with van der Waals surface area (Å²) in [6, 6.07) is 19.5. The number of ketones is 1. The minimum Gasteiger partial charge on any atom is -0.407 e. The molecule has 4 nitrogen and oxygen atoms in total. The van der Waals surface area contributed by atoms with Gasteiger partial charge in [0.1, 0.15) is 6.61 Å². The summed E-state index contributed by atoms with van der Waals surface area (Å²) in [6.07, 6.45) is 3.99. The van der Waals surface area contributed by atoms with Crippen LogP contribution in [0, 0.1) is 11.3 Å². The van der Waals surface area contributed by atoms with E-state index in [1.807, 2.05) is 20.8 Å². The lowest BCUT2D eigenvalue weighted by Gasteiger charge is -2.36. The van der Waals surface area contributed by atoms with Crippen LogP contribution in [0.25, 0.3) is 0 Å². The number of benzene rings is 2. The summed E-state index contributed by atoms with van der Waals surface area (Å²) in [4.78, 5) is 12.0. The Morgan fingerprint density at radius 1 is 0.944 bits per heavy atom. The quantitative estimate of drug-likeness (QED) is 0.360. The number of hydrogen-bond donors (Lipinski definition) is 1. The topological polar surface area (TPSA) is 55.8 Å². The van der Waals surface area contributed by atoms with Crippen molar-refractivity contribution < 1.29 is 19.1 Å². The highest BCUT2D eigenvalue weighted by Crippen LogP contribution is 2.34. The van der Waals surface area contributed by atoms with Gasteiger partial charge in [0.25, 0.3) is 9.04 Å². The SMILES string of the molecule is CC(C)(C)C(=O)COCCC1(O)CCC(CO[Si](c2ccccc2)c2ccc(C(C)(C)C)cc2)CC1. The van der Waals surface area contributed by atoms with Gasteiger partial charge in [-0.2, -0.15) is 0 Å². The molecule has 1 aliphatic rings. The normalized spacial score (nSPS) is 21.1. The Labute approximate surface area is 220 Å². The second kappa shape index (κ2) is 12.2. The summed E-state index contributed by atoms with van der Waals surface area (Å²) in [5.74, 6) is 0.547. The van der Waals surface area contributed by atoms with Crippen LogP contribution in [-0.4, -0.2) is 45.4 Å². The predicted molar refractivity (Wildman–Crippen MR) is 149 cm³/mol. The molecule has 0 atom stereocenters. The molecule has 1 fully saturated rings. The van der Waals surface area contributed by atoms with Crippen molar-refractivity contribution >= 4 is 25.2 Å². The molecule has 1 aliphatic carbocycles. The third-order valence-electron chi connectivity index (χ3n) is 7.33. The fourth-order valence-electron chi connectivity index (χ4n) is 4.52. The highest BCUT2D eigenvalue weighted by atomic mass is 28.3. The van der Waals surface area contributed by atoms with Gasteiger partial charge in [-0.15, -0.1) is 0 Å². The van der Waals surface area contributed by atoms with E-state index in [9.17, 15) is 9.90 Å². The monoisotopic (exact) mass is 509 g/mol. The Morgan fingerprint density at radius 2 is 1.53 bits per heavy atom. The van der Waals surface area contributed by atoms with Crippen molar-refractivity contribution in [3.8, 4) is 0 Å². The summed E-state index contributed by atoms with van der Waals surface area (Å²) in [7, 11) is -1.34. The van der Waals surface area contributed by atoms with Crippen LogP contribution in [-0.2, 0) is 19.4 Å².